The molecule has 0 fully saturated rings. The van der Waals surface area contributed by atoms with Crippen molar-refractivity contribution in [2.75, 3.05) is 12.8 Å². The van der Waals surface area contributed by atoms with Crippen LogP contribution in [0.25, 0.3) is 5.52 Å². The summed E-state index contributed by atoms with van der Waals surface area (Å²) in [6.07, 6.45) is 5.58. The Hall–Kier alpha value is -2.49. The van der Waals surface area contributed by atoms with Gasteiger partial charge in [-0.3, -0.25) is 0 Å². The molecule has 0 aliphatic rings. The van der Waals surface area contributed by atoms with E-state index in [4.69, 9.17) is 10.5 Å². The standard InChI is InChI=1S/C16H17N3O/c1-20-15-5-3-2-4-12(15)6-7-16-18-11-14-10-13(17)8-9-19(14)16/h2-5,8-11H,6-7,17H2,1H3. The Kier molecular flexibility index (Phi) is 3.29. The van der Waals surface area contributed by atoms with Gasteiger partial charge in [-0.1, -0.05) is 18.2 Å². The summed E-state index contributed by atoms with van der Waals surface area (Å²) in [5.74, 6) is 1.96. The first-order valence-electron chi connectivity index (χ1n) is 6.61. The van der Waals surface area contributed by atoms with E-state index in [0.29, 0.717) is 0 Å². The molecule has 0 saturated carbocycles. The monoisotopic (exact) mass is 267 g/mol. The summed E-state index contributed by atoms with van der Waals surface area (Å²) >= 11 is 0. The lowest BCUT2D eigenvalue weighted by atomic mass is 10.1. The number of rotatable bonds is 4. The number of nitrogen functional groups attached to an aromatic ring is 1. The Morgan fingerprint density at radius 2 is 2.05 bits per heavy atom. The molecule has 102 valence electrons. The molecule has 0 saturated heterocycles. The van der Waals surface area contributed by atoms with Gasteiger partial charge in [-0.05, 0) is 30.2 Å². The fourth-order valence-electron chi connectivity index (χ4n) is 2.41. The zero-order chi connectivity index (χ0) is 13.9. The zero-order valence-electron chi connectivity index (χ0n) is 11.4. The molecule has 0 unspecified atom stereocenters. The van der Waals surface area contributed by atoms with Crippen LogP contribution >= 0.6 is 0 Å². The van der Waals surface area contributed by atoms with Gasteiger partial charge in [0.05, 0.1) is 18.8 Å². The van der Waals surface area contributed by atoms with Crippen LogP contribution in [0.5, 0.6) is 5.75 Å². The molecule has 2 heterocycles. The van der Waals surface area contributed by atoms with Crippen molar-refractivity contribution < 1.29 is 4.74 Å². The Morgan fingerprint density at radius 1 is 1.20 bits per heavy atom. The first-order valence-corrected chi connectivity index (χ1v) is 6.61. The molecule has 4 heteroatoms. The number of methoxy groups -OCH3 is 1. The van der Waals surface area contributed by atoms with Gasteiger partial charge in [0.1, 0.15) is 11.6 Å². The second kappa shape index (κ2) is 5.25. The van der Waals surface area contributed by atoms with Gasteiger partial charge >= 0.3 is 0 Å². The number of para-hydroxylation sites is 1. The predicted molar refractivity (Wildman–Crippen MR) is 80.0 cm³/mol. The van der Waals surface area contributed by atoms with Crippen molar-refractivity contribution in [1.82, 2.24) is 9.38 Å². The van der Waals surface area contributed by atoms with Crippen LogP contribution in [0.2, 0.25) is 0 Å². The van der Waals surface area contributed by atoms with Crippen molar-refractivity contribution in [3.05, 3.63) is 60.2 Å². The average molecular weight is 267 g/mol. The summed E-state index contributed by atoms with van der Waals surface area (Å²) in [5, 5.41) is 0. The van der Waals surface area contributed by atoms with Gasteiger partial charge in [0, 0.05) is 18.3 Å². The van der Waals surface area contributed by atoms with E-state index in [1.165, 1.54) is 5.56 Å². The van der Waals surface area contributed by atoms with E-state index >= 15 is 0 Å². The fraction of sp³-hybridized carbons (Fsp3) is 0.188. The average Bonchev–Trinajstić information content (AvgIpc) is 2.87. The van der Waals surface area contributed by atoms with Crippen LogP contribution < -0.4 is 10.5 Å². The van der Waals surface area contributed by atoms with Crippen LogP contribution in [-0.4, -0.2) is 16.5 Å². The predicted octanol–water partition coefficient (Wildman–Crippen LogP) is 2.71. The number of pyridine rings is 1. The number of ether oxygens (including phenoxy) is 1. The lowest BCUT2D eigenvalue weighted by Crippen LogP contribution is -2.00. The Bertz CT molecular complexity index is 733. The number of imidazole rings is 1. The van der Waals surface area contributed by atoms with E-state index in [1.54, 1.807) is 7.11 Å². The van der Waals surface area contributed by atoms with Gasteiger partial charge in [0.25, 0.3) is 0 Å². The summed E-state index contributed by atoms with van der Waals surface area (Å²) in [7, 11) is 1.70. The number of aromatic nitrogens is 2. The molecule has 3 rings (SSSR count). The van der Waals surface area contributed by atoms with Crippen molar-refractivity contribution in [3.63, 3.8) is 0 Å². The molecule has 0 aliphatic carbocycles. The second-order valence-corrected chi connectivity index (χ2v) is 4.74. The summed E-state index contributed by atoms with van der Waals surface area (Å²) in [6, 6.07) is 11.9. The van der Waals surface area contributed by atoms with E-state index in [-0.39, 0.29) is 0 Å². The number of anilines is 1. The molecular weight excluding hydrogens is 250 g/mol. The van der Waals surface area contributed by atoms with Crippen molar-refractivity contribution >= 4 is 11.2 Å². The maximum Gasteiger partial charge on any atom is 0.122 e. The minimum absolute atomic E-state index is 0.758. The lowest BCUT2D eigenvalue weighted by molar-refractivity contribution is 0.409. The smallest absolute Gasteiger partial charge is 0.122 e. The number of hydrogen-bond acceptors (Lipinski definition) is 3. The number of nitrogens with zero attached hydrogens (tertiary/aromatic N) is 2. The second-order valence-electron chi connectivity index (χ2n) is 4.74. The maximum absolute atomic E-state index is 5.78. The highest BCUT2D eigenvalue weighted by atomic mass is 16.5. The Balaban J connectivity index is 1.83. The summed E-state index contributed by atoms with van der Waals surface area (Å²) in [6.45, 7) is 0. The first kappa shape index (κ1) is 12.5. The Morgan fingerprint density at radius 3 is 2.90 bits per heavy atom. The third-order valence-corrected chi connectivity index (χ3v) is 3.44. The zero-order valence-corrected chi connectivity index (χ0v) is 11.4. The van der Waals surface area contributed by atoms with Gasteiger partial charge in [-0.25, -0.2) is 4.98 Å². The van der Waals surface area contributed by atoms with E-state index in [1.807, 2.05) is 42.7 Å². The van der Waals surface area contributed by atoms with Crippen LogP contribution in [0.15, 0.2) is 48.8 Å². The third-order valence-electron chi connectivity index (χ3n) is 3.44. The van der Waals surface area contributed by atoms with Gasteiger partial charge in [-0.15, -0.1) is 0 Å². The molecule has 0 bridgehead atoms. The molecule has 2 N–H and O–H groups in total. The maximum atomic E-state index is 5.78. The van der Waals surface area contributed by atoms with Crippen LogP contribution in [0.3, 0.4) is 0 Å². The van der Waals surface area contributed by atoms with E-state index in [9.17, 15) is 0 Å². The molecule has 0 atom stereocenters. The molecule has 0 aliphatic heterocycles. The van der Waals surface area contributed by atoms with Crippen LogP contribution in [0.4, 0.5) is 5.69 Å². The minimum Gasteiger partial charge on any atom is -0.496 e. The molecule has 0 amide bonds. The van der Waals surface area contributed by atoms with Crippen molar-refractivity contribution in [3.8, 4) is 5.75 Å². The largest absolute Gasteiger partial charge is 0.496 e. The topological polar surface area (TPSA) is 52.5 Å². The molecule has 0 radical (unpaired) electrons. The van der Waals surface area contributed by atoms with E-state index < -0.39 is 0 Å². The molecule has 3 aromatic rings. The molecule has 20 heavy (non-hydrogen) atoms. The normalized spacial score (nSPS) is 10.8. The van der Waals surface area contributed by atoms with Crippen LogP contribution in [-0.2, 0) is 12.8 Å². The number of fused-ring (bicyclic) bond motifs is 1. The van der Waals surface area contributed by atoms with Crippen molar-refractivity contribution in [2.24, 2.45) is 0 Å². The molecule has 2 aromatic heterocycles. The molecule has 4 nitrogen and oxygen atoms in total. The highest BCUT2D eigenvalue weighted by molar-refractivity contribution is 5.55. The number of benzene rings is 1. The third kappa shape index (κ3) is 2.32. The van der Waals surface area contributed by atoms with E-state index in [2.05, 4.69) is 15.5 Å². The van der Waals surface area contributed by atoms with Gasteiger partial charge < -0.3 is 14.9 Å². The van der Waals surface area contributed by atoms with Crippen molar-refractivity contribution in [2.45, 2.75) is 12.8 Å². The summed E-state index contributed by atoms with van der Waals surface area (Å²) < 4.78 is 7.45. The van der Waals surface area contributed by atoms with Crippen LogP contribution in [0.1, 0.15) is 11.4 Å². The Labute approximate surface area is 117 Å². The van der Waals surface area contributed by atoms with Crippen molar-refractivity contribution in [1.29, 1.82) is 0 Å². The highest BCUT2D eigenvalue weighted by Gasteiger charge is 2.06. The fourth-order valence-corrected chi connectivity index (χ4v) is 2.41. The number of hydrogen-bond donors (Lipinski definition) is 1. The SMILES string of the molecule is COc1ccccc1CCc1ncc2cc(N)ccn12. The molecular formula is C16H17N3O. The molecule has 1 aromatic carbocycles. The van der Waals surface area contributed by atoms with Gasteiger partial charge in [-0.2, -0.15) is 0 Å². The lowest BCUT2D eigenvalue weighted by Gasteiger charge is -2.07. The first-order chi connectivity index (χ1) is 9.78. The number of nitrogens with two attached hydrogens (primary N) is 1. The van der Waals surface area contributed by atoms with Gasteiger partial charge in [0.2, 0.25) is 0 Å². The minimum atomic E-state index is 0.758. The van der Waals surface area contributed by atoms with Crippen LogP contribution in [0, 0.1) is 0 Å². The summed E-state index contributed by atoms with van der Waals surface area (Å²) in [4.78, 5) is 4.47. The quantitative estimate of drug-likeness (QED) is 0.790. The highest BCUT2D eigenvalue weighted by Crippen LogP contribution is 2.20. The van der Waals surface area contributed by atoms with E-state index in [0.717, 1.165) is 35.6 Å². The van der Waals surface area contributed by atoms with Gasteiger partial charge in [0.15, 0.2) is 0 Å². The number of aryl methyl sites for hydroxylation is 2. The summed E-state index contributed by atoms with van der Waals surface area (Å²) in [5.41, 5.74) is 8.76. The molecule has 0 spiro atoms.